The van der Waals surface area contributed by atoms with Crippen molar-refractivity contribution in [2.45, 2.75) is 58.3 Å². The lowest BCUT2D eigenvalue weighted by atomic mass is 9.69. The Morgan fingerprint density at radius 1 is 0.882 bits per heavy atom. The van der Waals surface area contributed by atoms with E-state index in [9.17, 15) is 0 Å². The Hall–Kier alpha value is -0.770. The Kier molecular flexibility index (Phi) is 4.66. The summed E-state index contributed by atoms with van der Waals surface area (Å²) in [6.45, 7) is 2.13. The first kappa shape index (κ1) is 12.7. The van der Waals surface area contributed by atoms with Crippen LogP contribution in [0, 0.1) is 35.0 Å². The van der Waals surface area contributed by atoms with Crippen molar-refractivity contribution < 1.29 is 0 Å². The van der Waals surface area contributed by atoms with E-state index in [1.807, 2.05) is 0 Å². The van der Waals surface area contributed by atoms with Gasteiger partial charge in [0.15, 0.2) is 0 Å². The summed E-state index contributed by atoms with van der Waals surface area (Å²) in [5.74, 6) is 3.12. The molecule has 0 N–H and O–H groups in total. The smallest absolute Gasteiger partial charge is 0.0655 e. The van der Waals surface area contributed by atoms with Crippen molar-refractivity contribution in [2.24, 2.45) is 23.7 Å². The van der Waals surface area contributed by atoms with Gasteiger partial charge in [0.1, 0.15) is 0 Å². The standard InChI is InChI=1S/C16H25N/c1-2-3-13-4-8-15(9-5-13)16-10-6-14(12-17)7-11-16/h2-3,13-16H,4-11H2,1H3/b3-2+/t13-,14?,15-,16?. The van der Waals surface area contributed by atoms with E-state index in [1.165, 1.54) is 38.5 Å². The largest absolute Gasteiger partial charge is 0.198 e. The average Bonchev–Trinajstić information content (AvgIpc) is 2.40. The van der Waals surface area contributed by atoms with E-state index in [0.717, 1.165) is 30.6 Å². The fraction of sp³-hybridized carbons (Fsp3) is 0.812. The van der Waals surface area contributed by atoms with Crippen LogP contribution >= 0.6 is 0 Å². The maximum absolute atomic E-state index is 8.92. The van der Waals surface area contributed by atoms with Crippen LogP contribution in [0.5, 0.6) is 0 Å². The van der Waals surface area contributed by atoms with Gasteiger partial charge in [-0.3, -0.25) is 0 Å². The second kappa shape index (κ2) is 6.24. The molecule has 1 nitrogen and oxygen atoms in total. The summed E-state index contributed by atoms with van der Waals surface area (Å²) in [4.78, 5) is 0. The third kappa shape index (κ3) is 3.35. The van der Waals surface area contributed by atoms with E-state index < -0.39 is 0 Å². The predicted molar refractivity (Wildman–Crippen MR) is 71.3 cm³/mol. The molecule has 94 valence electrons. The van der Waals surface area contributed by atoms with Gasteiger partial charge in [-0.1, -0.05) is 12.2 Å². The first-order valence-electron chi connectivity index (χ1n) is 7.36. The van der Waals surface area contributed by atoms with Crippen LogP contribution in [0.4, 0.5) is 0 Å². The number of nitrogens with zero attached hydrogens (tertiary/aromatic N) is 1. The van der Waals surface area contributed by atoms with Gasteiger partial charge < -0.3 is 0 Å². The molecule has 0 aliphatic heterocycles. The van der Waals surface area contributed by atoms with Crippen molar-refractivity contribution >= 4 is 0 Å². The molecule has 0 spiro atoms. The van der Waals surface area contributed by atoms with Crippen molar-refractivity contribution in [1.29, 1.82) is 5.26 Å². The summed E-state index contributed by atoms with van der Waals surface area (Å²) in [6.07, 6.45) is 15.2. The van der Waals surface area contributed by atoms with Gasteiger partial charge in [0.05, 0.1) is 6.07 Å². The minimum absolute atomic E-state index is 0.366. The van der Waals surface area contributed by atoms with E-state index >= 15 is 0 Å². The van der Waals surface area contributed by atoms with Gasteiger partial charge in [0, 0.05) is 5.92 Å². The van der Waals surface area contributed by atoms with Crippen LogP contribution < -0.4 is 0 Å². The Labute approximate surface area is 106 Å². The number of hydrogen-bond donors (Lipinski definition) is 0. The average molecular weight is 231 g/mol. The topological polar surface area (TPSA) is 23.8 Å². The zero-order valence-electron chi connectivity index (χ0n) is 11.1. The third-order valence-corrected chi connectivity index (χ3v) is 4.90. The maximum atomic E-state index is 8.92. The van der Waals surface area contributed by atoms with Crippen LogP contribution in [-0.2, 0) is 0 Å². The summed E-state index contributed by atoms with van der Waals surface area (Å²) >= 11 is 0. The van der Waals surface area contributed by atoms with Crippen LogP contribution in [0.3, 0.4) is 0 Å². The molecule has 0 amide bonds. The normalized spacial score (nSPS) is 39.1. The van der Waals surface area contributed by atoms with E-state index in [2.05, 4.69) is 25.1 Å². The van der Waals surface area contributed by atoms with Crippen molar-refractivity contribution in [3.8, 4) is 6.07 Å². The second-order valence-corrected chi connectivity index (χ2v) is 5.94. The predicted octanol–water partition coefficient (Wildman–Crippen LogP) is 4.70. The number of rotatable bonds is 2. The summed E-state index contributed by atoms with van der Waals surface area (Å²) in [7, 11) is 0. The van der Waals surface area contributed by atoms with E-state index in [-0.39, 0.29) is 0 Å². The molecule has 0 aromatic rings. The van der Waals surface area contributed by atoms with Gasteiger partial charge in [-0.15, -0.1) is 0 Å². The van der Waals surface area contributed by atoms with Gasteiger partial charge in [0.2, 0.25) is 0 Å². The molecular weight excluding hydrogens is 206 g/mol. The molecule has 0 aromatic heterocycles. The molecule has 0 saturated heterocycles. The second-order valence-electron chi connectivity index (χ2n) is 5.94. The van der Waals surface area contributed by atoms with E-state index in [4.69, 9.17) is 5.26 Å². The highest BCUT2D eigenvalue weighted by atomic mass is 14.4. The molecule has 0 radical (unpaired) electrons. The van der Waals surface area contributed by atoms with Gasteiger partial charge in [-0.2, -0.15) is 5.26 Å². The number of hydrogen-bond acceptors (Lipinski definition) is 1. The SMILES string of the molecule is C/C=C/[C@H]1CC[C@H](C2CCC(C#N)CC2)CC1. The Balaban J connectivity index is 1.76. The molecule has 0 atom stereocenters. The van der Waals surface area contributed by atoms with E-state index in [0.29, 0.717) is 5.92 Å². The summed E-state index contributed by atoms with van der Waals surface area (Å²) in [5, 5.41) is 8.92. The van der Waals surface area contributed by atoms with Crippen molar-refractivity contribution in [3.05, 3.63) is 12.2 Å². The Bertz CT molecular complexity index is 283. The molecule has 0 aromatic carbocycles. The monoisotopic (exact) mass is 231 g/mol. The zero-order chi connectivity index (χ0) is 12.1. The highest BCUT2D eigenvalue weighted by molar-refractivity contribution is 4.92. The highest BCUT2D eigenvalue weighted by Gasteiger charge is 2.30. The fourth-order valence-electron chi connectivity index (χ4n) is 3.80. The van der Waals surface area contributed by atoms with E-state index in [1.54, 1.807) is 0 Å². The summed E-state index contributed by atoms with van der Waals surface area (Å²) in [5.41, 5.74) is 0. The molecule has 0 unspecified atom stereocenters. The molecule has 1 heteroatoms. The lowest BCUT2D eigenvalue weighted by molar-refractivity contribution is 0.168. The minimum Gasteiger partial charge on any atom is -0.198 e. The van der Waals surface area contributed by atoms with Crippen molar-refractivity contribution in [1.82, 2.24) is 0 Å². The lowest BCUT2D eigenvalue weighted by Gasteiger charge is -2.36. The Morgan fingerprint density at radius 3 is 1.88 bits per heavy atom. The summed E-state index contributed by atoms with van der Waals surface area (Å²) < 4.78 is 0. The van der Waals surface area contributed by atoms with Crippen LogP contribution in [0.25, 0.3) is 0 Å². The van der Waals surface area contributed by atoms with Gasteiger partial charge in [-0.25, -0.2) is 0 Å². The van der Waals surface area contributed by atoms with Crippen molar-refractivity contribution in [3.63, 3.8) is 0 Å². The quantitative estimate of drug-likeness (QED) is 0.632. The molecular formula is C16H25N. The minimum atomic E-state index is 0.366. The molecule has 2 aliphatic carbocycles. The van der Waals surface area contributed by atoms with Crippen LogP contribution in [0.15, 0.2) is 12.2 Å². The molecule has 0 heterocycles. The third-order valence-electron chi connectivity index (χ3n) is 4.90. The lowest BCUT2D eigenvalue weighted by Crippen LogP contribution is -2.25. The molecule has 0 bridgehead atoms. The fourth-order valence-corrected chi connectivity index (χ4v) is 3.80. The van der Waals surface area contributed by atoms with Crippen LogP contribution in [-0.4, -0.2) is 0 Å². The zero-order valence-corrected chi connectivity index (χ0v) is 11.1. The highest BCUT2D eigenvalue weighted by Crippen LogP contribution is 2.41. The van der Waals surface area contributed by atoms with Crippen LogP contribution in [0.2, 0.25) is 0 Å². The number of allylic oxidation sites excluding steroid dienone is 2. The summed E-state index contributed by atoms with van der Waals surface area (Å²) in [6, 6.07) is 2.44. The molecule has 17 heavy (non-hydrogen) atoms. The molecule has 2 fully saturated rings. The number of nitriles is 1. The van der Waals surface area contributed by atoms with Gasteiger partial charge >= 0.3 is 0 Å². The van der Waals surface area contributed by atoms with Gasteiger partial charge in [-0.05, 0) is 76.0 Å². The van der Waals surface area contributed by atoms with Crippen LogP contribution in [0.1, 0.15) is 58.3 Å². The maximum Gasteiger partial charge on any atom is 0.0655 e. The first-order chi connectivity index (χ1) is 8.33. The van der Waals surface area contributed by atoms with Gasteiger partial charge in [0.25, 0.3) is 0 Å². The molecule has 2 aliphatic rings. The van der Waals surface area contributed by atoms with Crippen molar-refractivity contribution in [2.75, 3.05) is 0 Å². The molecule has 2 rings (SSSR count). The first-order valence-corrected chi connectivity index (χ1v) is 7.36. The molecule has 2 saturated carbocycles. The Morgan fingerprint density at radius 2 is 1.41 bits per heavy atom.